The number of nitrogens with one attached hydrogen (secondary N) is 2. The van der Waals surface area contributed by atoms with Gasteiger partial charge < -0.3 is 10.6 Å². The lowest BCUT2D eigenvalue weighted by Crippen LogP contribution is -2.15. The number of benzene rings is 3. The molecule has 0 bridgehead atoms. The molecule has 0 spiro atoms. The maximum atomic E-state index is 12.6. The van der Waals surface area contributed by atoms with E-state index < -0.39 is 10.8 Å². The van der Waals surface area contributed by atoms with Gasteiger partial charge in [0.05, 0.1) is 20.9 Å². The second-order valence-electron chi connectivity index (χ2n) is 7.47. The Hall–Kier alpha value is -3.76. The summed E-state index contributed by atoms with van der Waals surface area (Å²) in [6.07, 6.45) is 0. The van der Waals surface area contributed by atoms with E-state index in [1.54, 1.807) is 24.3 Å². The molecule has 2 N–H and O–H groups in total. The lowest BCUT2D eigenvalue weighted by atomic mass is 10.1. The van der Waals surface area contributed by atoms with Gasteiger partial charge in [-0.1, -0.05) is 36.0 Å². The molecule has 2 amide bonds. The van der Waals surface area contributed by atoms with Crippen molar-refractivity contribution in [3.05, 3.63) is 87.5 Å². The molecule has 1 heterocycles. The third-order valence-corrected chi connectivity index (χ3v) is 7.34. The van der Waals surface area contributed by atoms with E-state index in [1.807, 2.05) is 32.0 Å². The van der Waals surface area contributed by atoms with E-state index >= 15 is 0 Å². The number of thioether (sulfide) groups is 1. The summed E-state index contributed by atoms with van der Waals surface area (Å²) in [5, 5.41) is 16.8. The first-order valence-electron chi connectivity index (χ1n) is 10.3. The Bertz CT molecular complexity index is 1420. The second kappa shape index (κ2) is 10.0. The quantitative estimate of drug-likeness (QED) is 0.191. The number of nitrogens with zero attached hydrogens (tertiary/aromatic N) is 2. The van der Waals surface area contributed by atoms with Gasteiger partial charge in [-0.05, 0) is 55.3 Å². The molecule has 8 nitrogen and oxygen atoms in total. The summed E-state index contributed by atoms with van der Waals surface area (Å²) in [7, 11) is 0. The van der Waals surface area contributed by atoms with Crippen molar-refractivity contribution in [3.63, 3.8) is 0 Å². The smallest absolute Gasteiger partial charge is 0.282 e. The number of carbonyl (C=O) groups is 2. The minimum Gasteiger partial charge on any atom is -0.325 e. The summed E-state index contributed by atoms with van der Waals surface area (Å²) in [6, 6.07) is 16.8. The van der Waals surface area contributed by atoms with Crippen molar-refractivity contribution in [1.29, 1.82) is 0 Å². The van der Waals surface area contributed by atoms with Crippen molar-refractivity contribution >= 4 is 62.2 Å². The third-order valence-electron chi connectivity index (χ3n) is 5.18. The maximum absolute atomic E-state index is 12.6. The number of para-hydroxylation sites is 1. The van der Waals surface area contributed by atoms with Crippen LogP contribution in [0, 0.1) is 24.0 Å². The minimum atomic E-state index is -0.582. The van der Waals surface area contributed by atoms with Gasteiger partial charge >= 0.3 is 0 Å². The Morgan fingerprint density at radius 1 is 1.06 bits per heavy atom. The number of fused-ring (bicyclic) bond motifs is 1. The Morgan fingerprint density at radius 3 is 2.65 bits per heavy atom. The van der Waals surface area contributed by atoms with E-state index in [9.17, 15) is 19.7 Å². The highest BCUT2D eigenvalue weighted by atomic mass is 32.2. The maximum Gasteiger partial charge on any atom is 0.282 e. The van der Waals surface area contributed by atoms with Gasteiger partial charge in [0, 0.05) is 17.4 Å². The zero-order chi connectivity index (χ0) is 24.2. The first-order chi connectivity index (χ1) is 16.3. The summed E-state index contributed by atoms with van der Waals surface area (Å²) >= 11 is 2.75. The molecule has 10 heteroatoms. The predicted octanol–water partition coefficient (Wildman–Crippen LogP) is 5.80. The van der Waals surface area contributed by atoms with Crippen LogP contribution in [0.2, 0.25) is 0 Å². The second-order valence-corrected chi connectivity index (χ2v) is 9.73. The molecular weight excluding hydrogens is 472 g/mol. The number of anilines is 2. The molecule has 0 fully saturated rings. The fraction of sp³-hybridized carbons (Fsp3) is 0.125. The summed E-state index contributed by atoms with van der Waals surface area (Å²) in [4.78, 5) is 40.1. The number of aromatic nitrogens is 1. The van der Waals surface area contributed by atoms with Gasteiger partial charge in [0.1, 0.15) is 5.56 Å². The zero-order valence-electron chi connectivity index (χ0n) is 18.3. The van der Waals surface area contributed by atoms with Gasteiger partial charge in [-0.15, -0.1) is 11.3 Å². The molecule has 3 aromatic carbocycles. The predicted molar refractivity (Wildman–Crippen MR) is 136 cm³/mol. The summed E-state index contributed by atoms with van der Waals surface area (Å²) < 4.78 is 1.56. The Balaban J connectivity index is 1.42. The molecule has 172 valence electrons. The van der Waals surface area contributed by atoms with Crippen LogP contribution in [0.4, 0.5) is 17.1 Å². The third kappa shape index (κ3) is 5.24. The van der Waals surface area contributed by atoms with Crippen molar-refractivity contribution in [2.24, 2.45) is 0 Å². The molecule has 4 aromatic rings. The first-order valence-corrected chi connectivity index (χ1v) is 12.1. The number of rotatable bonds is 7. The highest BCUT2D eigenvalue weighted by Gasteiger charge is 2.19. The van der Waals surface area contributed by atoms with Gasteiger partial charge in [0.15, 0.2) is 4.34 Å². The lowest BCUT2D eigenvalue weighted by Gasteiger charge is -2.09. The monoisotopic (exact) mass is 492 g/mol. The number of aryl methyl sites for hydroxylation is 1. The van der Waals surface area contributed by atoms with Crippen LogP contribution in [-0.2, 0) is 4.79 Å². The zero-order valence-corrected chi connectivity index (χ0v) is 20.0. The highest BCUT2D eigenvalue weighted by Crippen LogP contribution is 2.32. The SMILES string of the molecule is Cc1cccc(NC(=O)CSc2nc3ccc(NC(=O)c4ccccc4[N+](=O)[O-])cc3s2)c1C. The standard InChI is InChI=1S/C24H20N4O4S2/c1-14-6-5-8-18(15(14)2)26-22(29)13-33-24-27-19-11-10-16(12-21(19)34-24)25-23(30)17-7-3-4-9-20(17)28(31)32/h3-12H,13H2,1-2H3,(H,25,30)(H,26,29). The van der Waals surface area contributed by atoms with Crippen LogP contribution in [0.25, 0.3) is 10.2 Å². The molecule has 34 heavy (non-hydrogen) atoms. The topological polar surface area (TPSA) is 114 Å². The van der Waals surface area contributed by atoms with Gasteiger partial charge in [-0.3, -0.25) is 19.7 Å². The van der Waals surface area contributed by atoms with Crippen LogP contribution >= 0.6 is 23.1 Å². The Morgan fingerprint density at radius 2 is 1.85 bits per heavy atom. The average Bonchev–Trinajstić information content (AvgIpc) is 3.23. The van der Waals surface area contributed by atoms with E-state index in [-0.39, 0.29) is 22.9 Å². The van der Waals surface area contributed by atoms with Crippen LogP contribution in [0.15, 0.2) is 65.0 Å². The molecule has 0 saturated heterocycles. The molecular formula is C24H20N4O4S2. The van der Waals surface area contributed by atoms with Crippen molar-refractivity contribution in [1.82, 2.24) is 4.98 Å². The number of carbonyl (C=O) groups excluding carboxylic acids is 2. The molecule has 1 aromatic heterocycles. The van der Waals surface area contributed by atoms with Crippen LogP contribution < -0.4 is 10.6 Å². The number of hydrogen-bond acceptors (Lipinski definition) is 7. The van der Waals surface area contributed by atoms with E-state index in [0.717, 1.165) is 31.4 Å². The van der Waals surface area contributed by atoms with Crippen molar-refractivity contribution in [2.75, 3.05) is 16.4 Å². The van der Waals surface area contributed by atoms with Crippen molar-refractivity contribution in [2.45, 2.75) is 18.2 Å². The van der Waals surface area contributed by atoms with Gasteiger partial charge in [0.25, 0.3) is 11.6 Å². The van der Waals surface area contributed by atoms with Crippen LogP contribution in [0.3, 0.4) is 0 Å². The normalized spacial score (nSPS) is 10.8. The van der Waals surface area contributed by atoms with E-state index in [1.165, 1.54) is 41.3 Å². The number of nitro groups is 1. The lowest BCUT2D eigenvalue weighted by molar-refractivity contribution is -0.385. The number of nitro benzene ring substituents is 1. The van der Waals surface area contributed by atoms with Gasteiger partial charge in [-0.25, -0.2) is 4.98 Å². The highest BCUT2D eigenvalue weighted by molar-refractivity contribution is 8.01. The fourth-order valence-corrected chi connectivity index (χ4v) is 5.17. The van der Waals surface area contributed by atoms with Crippen molar-refractivity contribution < 1.29 is 14.5 Å². The number of thiazole rings is 1. The molecule has 0 atom stereocenters. The van der Waals surface area contributed by atoms with Gasteiger partial charge in [-0.2, -0.15) is 0 Å². The molecule has 0 unspecified atom stereocenters. The Labute approximate surface area is 203 Å². The average molecular weight is 493 g/mol. The molecule has 0 aliphatic rings. The summed E-state index contributed by atoms with van der Waals surface area (Å²) in [5.74, 6) is -0.460. The van der Waals surface area contributed by atoms with Crippen LogP contribution in [0.5, 0.6) is 0 Å². The van der Waals surface area contributed by atoms with Crippen LogP contribution in [-0.4, -0.2) is 27.5 Å². The molecule has 0 saturated carbocycles. The largest absolute Gasteiger partial charge is 0.325 e. The van der Waals surface area contributed by atoms with E-state index in [0.29, 0.717) is 5.69 Å². The van der Waals surface area contributed by atoms with E-state index in [2.05, 4.69) is 15.6 Å². The van der Waals surface area contributed by atoms with Crippen LogP contribution in [0.1, 0.15) is 21.5 Å². The number of amides is 2. The Kier molecular flexibility index (Phi) is 6.90. The van der Waals surface area contributed by atoms with Crippen molar-refractivity contribution in [3.8, 4) is 0 Å². The molecule has 4 rings (SSSR count). The van der Waals surface area contributed by atoms with E-state index in [4.69, 9.17) is 0 Å². The summed E-state index contributed by atoms with van der Waals surface area (Å²) in [5.41, 5.74) is 3.93. The minimum absolute atomic E-state index is 0.0111. The number of hydrogen-bond donors (Lipinski definition) is 2. The first kappa shape index (κ1) is 23.4. The summed E-state index contributed by atoms with van der Waals surface area (Å²) in [6.45, 7) is 3.97. The molecule has 0 radical (unpaired) electrons. The molecule has 0 aliphatic heterocycles. The molecule has 0 aliphatic carbocycles. The van der Waals surface area contributed by atoms with Gasteiger partial charge in [0.2, 0.25) is 5.91 Å². The fourth-order valence-electron chi connectivity index (χ4n) is 3.27.